The zero-order valence-electron chi connectivity index (χ0n) is 9.37. The third kappa shape index (κ3) is 2.85. The Morgan fingerprint density at radius 2 is 2.18 bits per heavy atom. The second-order valence-corrected chi connectivity index (χ2v) is 4.87. The average Bonchev–Trinajstić information content (AvgIpc) is 3.14. The number of hydrogen-bond acceptors (Lipinski definition) is 3. The average molecular weight is 274 g/mol. The molecule has 1 aliphatic rings. The predicted molar refractivity (Wildman–Crippen MR) is 68.6 cm³/mol. The highest BCUT2D eigenvalue weighted by atomic mass is 35.5. The van der Waals surface area contributed by atoms with Crippen molar-refractivity contribution in [1.82, 2.24) is 0 Å². The van der Waals surface area contributed by atoms with Gasteiger partial charge >= 0.3 is 5.97 Å². The summed E-state index contributed by atoms with van der Waals surface area (Å²) in [5.41, 5.74) is 0.668. The Morgan fingerprint density at radius 1 is 1.47 bits per heavy atom. The smallest absolute Gasteiger partial charge is 0.328 e. The maximum atomic E-state index is 11.6. The third-order valence-corrected chi connectivity index (χ3v) is 3.63. The summed E-state index contributed by atoms with van der Waals surface area (Å²) in [4.78, 5) is 11.6. The summed E-state index contributed by atoms with van der Waals surface area (Å²) in [5.74, 6) is 0.0704. The van der Waals surface area contributed by atoms with Gasteiger partial charge in [0.05, 0.1) is 22.8 Å². The van der Waals surface area contributed by atoms with Crippen LogP contribution in [0.3, 0.4) is 0 Å². The normalized spacial score (nSPS) is 16.4. The Kier molecular flexibility index (Phi) is 3.79. The van der Waals surface area contributed by atoms with E-state index in [1.54, 1.807) is 18.2 Å². The molecule has 0 amide bonds. The summed E-state index contributed by atoms with van der Waals surface area (Å²) >= 11 is 12.0. The SMILES string of the molecule is COC(=O)C(Nc1cccc(Cl)c1Cl)C1CC1. The van der Waals surface area contributed by atoms with Gasteiger partial charge in [-0.25, -0.2) is 4.79 Å². The number of nitrogens with one attached hydrogen (secondary N) is 1. The largest absolute Gasteiger partial charge is 0.467 e. The van der Waals surface area contributed by atoms with E-state index in [1.807, 2.05) is 0 Å². The van der Waals surface area contributed by atoms with Gasteiger partial charge < -0.3 is 10.1 Å². The topological polar surface area (TPSA) is 38.3 Å². The fourth-order valence-electron chi connectivity index (χ4n) is 1.71. The van der Waals surface area contributed by atoms with Crippen molar-refractivity contribution in [2.75, 3.05) is 12.4 Å². The first-order valence-electron chi connectivity index (χ1n) is 5.42. The molecule has 1 N–H and O–H groups in total. The molecule has 3 nitrogen and oxygen atoms in total. The Morgan fingerprint density at radius 3 is 2.76 bits per heavy atom. The summed E-state index contributed by atoms with van der Waals surface area (Å²) in [7, 11) is 1.39. The minimum absolute atomic E-state index is 0.261. The molecule has 1 unspecified atom stereocenters. The number of esters is 1. The molecule has 1 aromatic rings. The molecule has 1 atom stereocenters. The molecule has 1 aliphatic carbocycles. The van der Waals surface area contributed by atoms with Crippen LogP contribution in [-0.4, -0.2) is 19.1 Å². The van der Waals surface area contributed by atoms with Crippen molar-refractivity contribution in [3.05, 3.63) is 28.2 Å². The predicted octanol–water partition coefficient (Wildman–Crippen LogP) is 3.36. The third-order valence-electron chi connectivity index (χ3n) is 2.81. The zero-order valence-corrected chi connectivity index (χ0v) is 10.9. The van der Waals surface area contributed by atoms with Crippen molar-refractivity contribution in [3.8, 4) is 0 Å². The number of anilines is 1. The molecule has 17 heavy (non-hydrogen) atoms. The van der Waals surface area contributed by atoms with Gasteiger partial charge in [0, 0.05) is 0 Å². The number of carbonyl (C=O) groups excluding carboxylic acids is 1. The molecule has 92 valence electrons. The first kappa shape index (κ1) is 12.5. The summed E-state index contributed by atoms with van der Waals surface area (Å²) in [6, 6.07) is 4.96. The fourth-order valence-corrected chi connectivity index (χ4v) is 2.06. The molecule has 1 saturated carbocycles. The van der Waals surface area contributed by atoms with E-state index < -0.39 is 0 Å². The lowest BCUT2D eigenvalue weighted by Crippen LogP contribution is -2.32. The molecule has 0 spiro atoms. The number of benzene rings is 1. The molecule has 0 heterocycles. The first-order valence-corrected chi connectivity index (χ1v) is 6.17. The second kappa shape index (κ2) is 5.15. The van der Waals surface area contributed by atoms with Crippen LogP contribution in [0.1, 0.15) is 12.8 Å². The minimum Gasteiger partial charge on any atom is -0.467 e. The van der Waals surface area contributed by atoms with Crippen molar-refractivity contribution in [2.24, 2.45) is 5.92 Å². The van der Waals surface area contributed by atoms with Crippen LogP contribution in [0.4, 0.5) is 5.69 Å². The highest BCUT2D eigenvalue weighted by Crippen LogP contribution is 2.37. The molecule has 0 bridgehead atoms. The van der Waals surface area contributed by atoms with Crippen molar-refractivity contribution in [2.45, 2.75) is 18.9 Å². The van der Waals surface area contributed by atoms with E-state index in [1.165, 1.54) is 7.11 Å². The molecule has 0 radical (unpaired) electrons. The van der Waals surface area contributed by atoms with E-state index in [0.717, 1.165) is 12.8 Å². The van der Waals surface area contributed by atoms with Crippen LogP contribution in [0.2, 0.25) is 10.0 Å². The summed E-state index contributed by atoms with van der Waals surface area (Å²) in [5, 5.41) is 4.01. The van der Waals surface area contributed by atoms with Gasteiger partial charge in [0.2, 0.25) is 0 Å². The molecule has 1 aromatic carbocycles. The second-order valence-electron chi connectivity index (χ2n) is 4.08. The van der Waals surface area contributed by atoms with Crippen LogP contribution in [0, 0.1) is 5.92 Å². The van der Waals surface area contributed by atoms with Crippen LogP contribution in [-0.2, 0) is 9.53 Å². The van der Waals surface area contributed by atoms with Crippen LogP contribution in [0.25, 0.3) is 0 Å². The fraction of sp³-hybridized carbons (Fsp3) is 0.417. The summed E-state index contributed by atoms with van der Waals surface area (Å²) < 4.78 is 4.78. The van der Waals surface area contributed by atoms with Gasteiger partial charge in [0.1, 0.15) is 6.04 Å². The molecular formula is C12H13Cl2NO2. The van der Waals surface area contributed by atoms with E-state index in [-0.39, 0.29) is 12.0 Å². The molecule has 0 aromatic heterocycles. The highest BCUT2D eigenvalue weighted by molar-refractivity contribution is 6.43. The zero-order chi connectivity index (χ0) is 12.4. The van der Waals surface area contributed by atoms with Gasteiger partial charge in [-0.2, -0.15) is 0 Å². The lowest BCUT2D eigenvalue weighted by molar-refractivity contribution is -0.142. The van der Waals surface area contributed by atoms with Crippen molar-refractivity contribution in [1.29, 1.82) is 0 Å². The first-order chi connectivity index (χ1) is 8.13. The highest BCUT2D eigenvalue weighted by Gasteiger charge is 2.37. The molecule has 0 aliphatic heterocycles. The van der Waals surface area contributed by atoms with Crippen LogP contribution >= 0.6 is 23.2 Å². The lowest BCUT2D eigenvalue weighted by Gasteiger charge is -2.18. The van der Waals surface area contributed by atoms with Gasteiger partial charge in [0.15, 0.2) is 0 Å². The Bertz CT molecular complexity index is 433. The summed E-state index contributed by atoms with van der Waals surface area (Å²) in [6.45, 7) is 0. The van der Waals surface area contributed by atoms with E-state index in [0.29, 0.717) is 21.7 Å². The van der Waals surface area contributed by atoms with Crippen molar-refractivity contribution < 1.29 is 9.53 Å². The standard InChI is InChI=1S/C12H13Cl2NO2/c1-17-12(16)11(7-5-6-7)15-9-4-2-3-8(13)10(9)14/h2-4,7,11,15H,5-6H2,1H3. The maximum Gasteiger partial charge on any atom is 0.328 e. The number of methoxy groups -OCH3 is 1. The van der Waals surface area contributed by atoms with Crippen LogP contribution in [0.5, 0.6) is 0 Å². The van der Waals surface area contributed by atoms with E-state index >= 15 is 0 Å². The molecule has 5 heteroatoms. The number of halogens is 2. The van der Waals surface area contributed by atoms with Gasteiger partial charge in [-0.15, -0.1) is 0 Å². The van der Waals surface area contributed by atoms with Gasteiger partial charge in [-0.3, -0.25) is 0 Å². The Labute approximate surface area is 110 Å². The van der Waals surface area contributed by atoms with E-state index in [4.69, 9.17) is 27.9 Å². The lowest BCUT2D eigenvalue weighted by atomic mass is 10.1. The number of ether oxygens (including phenoxy) is 1. The van der Waals surface area contributed by atoms with Crippen molar-refractivity contribution in [3.63, 3.8) is 0 Å². The van der Waals surface area contributed by atoms with Gasteiger partial charge in [-0.1, -0.05) is 29.3 Å². The van der Waals surface area contributed by atoms with Crippen LogP contribution in [0.15, 0.2) is 18.2 Å². The van der Waals surface area contributed by atoms with Crippen LogP contribution < -0.4 is 5.32 Å². The van der Waals surface area contributed by atoms with Crippen molar-refractivity contribution >= 4 is 34.9 Å². The van der Waals surface area contributed by atoms with E-state index in [9.17, 15) is 4.79 Å². The molecule has 2 rings (SSSR count). The molecule has 0 saturated heterocycles. The Hall–Kier alpha value is -0.930. The maximum absolute atomic E-state index is 11.6. The summed E-state index contributed by atoms with van der Waals surface area (Å²) in [6.07, 6.45) is 2.07. The molecule has 1 fully saturated rings. The number of rotatable bonds is 4. The monoisotopic (exact) mass is 273 g/mol. The number of hydrogen-bond donors (Lipinski definition) is 1. The quantitative estimate of drug-likeness (QED) is 0.855. The van der Waals surface area contributed by atoms with Gasteiger partial charge in [-0.05, 0) is 30.9 Å². The molecular weight excluding hydrogens is 261 g/mol. The Balaban J connectivity index is 2.17. The number of carbonyl (C=O) groups is 1. The van der Waals surface area contributed by atoms with Gasteiger partial charge in [0.25, 0.3) is 0 Å². The van der Waals surface area contributed by atoms with E-state index in [2.05, 4.69) is 5.32 Å². The minimum atomic E-state index is -0.337.